The molecule has 0 aromatic heterocycles. The Bertz CT molecular complexity index is 1100. The summed E-state index contributed by atoms with van der Waals surface area (Å²) in [6.07, 6.45) is 0. The zero-order chi connectivity index (χ0) is 26.2. The highest BCUT2D eigenvalue weighted by molar-refractivity contribution is 7.88. The van der Waals surface area contributed by atoms with Gasteiger partial charge in [0, 0.05) is 5.69 Å². The number of carbonyl (C=O) groups excluding carboxylic acids is 1. The minimum atomic E-state index is -4.95. The van der Waals surface area contributed by atoms with Crippen LogP contribution < -0.4 is 9.62 Å². The molecular formula is C27H40N2O4S. The first-order chi connectivity index (χ1) is 15.4. The van der Waals surface area contributed by atoms with E-state index in [0.29, 0.717) is 21.1 Å². The van der Waals surface area contributed by atoms with E-state index in [1.54, 1.807) is 12.1 Å². The maximum atomic E-state index is 13.7. The molecule has 0 unspecified atom stereocenters. The second-order valence-electron chi connectivity index (χ2n) is 11.5. The molecule has 2 aromatic carbocycles. The van der Waals surface area contributed by atoms with Crippen molar-refractivity contribution in [1.82, 2.24) is 0 Å². The highest BCUT2D eigenvalue weighted by Gasteiger charge is 2.37. The summed E-state index contributed by atoms with van der Waals surface area (Å²) in [5.74, 6) is 0.195. The van der Waals surface area contributed by atoms with Crippen molar-refractivity contribution in [3.05, 3.63) is 58.7 Å². The van der Waals surface area contributed by atoms with Gasteiger partial charge >= 0.3 is 16.3 Å². The molecule has 0 aliphatic rings. The standard InChI is InChI=1S/C27H40N2O4S/c1-17(2)19-13-11-14-20(18(3)4)23(19)28-25(30)29(34(31,32)33)24-21(26(5,6)7)15-12-16-22(24)27(8,9)10/h11-18H,1-10H3,(H,28,30)(H,31,32,33). The van der Waals surface area contributed by atoms with Crippen LogP contribution in [0.1, 0.15) is 103 Å². The van der Waals surface area contributed by atoms with Gasteiger partial charge in [-0.25, -0.2) is 4.79 Å². The second-order valence-corrected chi connectivity index (χ2v) is 12.8. The fourth-order valence-corrected chi connectivity index (χ4v) is 4.83. The minimum Gasteiger partial charge on any atom is -0.306 e. The maximum Gasteiger partial charge on any atom is 0.368 e. The van der Waals surface area contributed by atoms with Gasteiger partial charge in [0.25, 0.3) is 0 Å². The Labute approximate surface area is 205 Å². The van der Waals surface area contributed by atoms with E-state index >= 15 is 0 Å². The van der Waals surface area contributed by atoms with Crippen molar-refractivity contribution in [2.75, 3.05) is 9.62 Å². The summed E-state index contributed by atoms with van der Waals surface area (Å²) in [6.45, 7) is 19.8. The van der Waals surface area contributed by atoms with Crippen molar-refractivity contribution < 1.29 is 17.8 Å². The fourth-order valence-electron chi connectivity index (χ4n) is 4.15. The Morgan fingerprint density at radius 1 is 0.824 bits per heavy atom. The number of nitrogens with one attached hydrogen (secondary N) is 1. The SMILES string of the molecule is CC(C)c1cccc(C(C)C)c1NC(=O)N(c1c(C(C)(C)C)cccc1C(C)(C)C)S(=O)(=O)O. The molecule has 2 N–H and O–H groups in total. The fraction of sp³-hybridized carbons (Fsp3) is 0.519. The van der Waals surface area contributed by atoms with E-state index in [1.807, 2.05) is 93.5 Å². The van der Waals surface area contributed by atoms with Gasteiger partial charge in [0.1, 0.15) is 0 Å². The predicted octanol–water partition coefficient (Wildman–Crippen LogP) is 7.37. The Hall–Kier alpha value is -2.38. The van der Waals surface area contributed by atoms with Crippen LogP contribution in [-0.2, 0) is 21.1 Å². The van der Waals surface area contributed by atoms with Crippen LogP contribution >= 0.6 is 0 Å². The van der Waals surface area contributed by atoms with Crippen LogP contribution in [0, 0.1) is 0 Å². The van der Waals surface area contributed by atoms with Crippen molar-refractivity contribution in [3.63, 3.8) is 0 Å². The lowest BCUT2D eigenvalue weighted by Gasteiger charge is -2.34. The predicted molar refractivity (Wildman–Crippen MR) is 142 cm³/mol. The van der Waals surface area contributed by atoms with Crippen LogP contribution in [0.25, 0.3) is 0 Å². The first-order valence-electron chi connectivity index (χ1n) is 11.7. The summed E-state index contributed by atoms with van der Waals surface area (Å²) in [6, 6.07) is 10.3. The van der Waals surface area contributed by atoms with Gasteiger partial charge in [-0.1, -0.05) is 106 Å². The molecule has 0 radical (unpaired) electrons. The van der Waals surface area contributed by atoms with Gasteiger partial charge in [-0.3, -0.25) is 4.55 Å². The third-order valence-corrected chi connectivity index (χ3v) is 6.69. The van der Waals surface area contributed by atoms with Gasteiger partial charge in [-0.05, 0) is 44.9 Å². The molecule has 2 amide bonds. The number of benzene rings is 2. The Kier molecular flexibility index (Phi) is 7.95. The van der Waals surface area contributed by atoms with Crippen LogP contribution in [0.4, 0.5) is 16.2 Å². The Morgan fingerprint density at radius 2 is 1.21 bits per heavy atom. The lowest BCUT2D eigenvalue weighted by molar-refractivity contribution is 0.259. The van der Waals surface area contributed by atoms with Crippen molar-refractivity contribution in [3.8, 4) is 0 Å². The van der Waals surface area contributed by atoms with Crippen LogP contribution in [0.15, 0.2) is 36.4 Å². The van der Waals surface area contributed by atoms with Gasteiger partial charge < -0.3 is 5.32 Å². The first kappa shape index (κ1) is 27.9. The molecule has 0 aliphatic carbocycles. The first-order valence-corrected chi connectivity index (χ1v) is 13.1. The quantitative estimate of drug-likeness (QED) is 0.430. The molecule has 188 valence electrons. The minimum absolute atomic E-state index is 0.0974. The summed E-state index contributed by atoms with van der Waals surface area (Å²) in [4.78, 5) is 13.7. The molecule has 0 saturated heterocycles. The molecule has 2 aromatic rings. The molecule has 0 aliphatic heterocycles. The van der Waals surface area contributed by atoms with Gasteiger partial charge in [0.2, 0.25) is 0 Å². The van der Waals surface area contributed by atoms with Gasteiger partial charge in [-0.2, -0.15) is 12.7 Å². The van der Waals surface area contributed by atoms with E-state index in [0.717, 1.165) is 11.1 Å². The van der Waals surface area contributed by atoms with Gasteiger partial charge in [0.15, 0.2) is 0 Å². The summed E-state index contributed by atoms with van der Waals surface area (Å²) in [5.41, 5.74) is 2.89. The van der Waals surface area contributed by atoms with Crippen molar-refractivity contribution >= 4 is 27.7 Å². The number of urea groups is 1. The molecule has 0 saturated carbocycles. The highest BCUT2D eigenvalue weighted by Crippen LogP contribution is 2.42. The molecule has 0 heterocycles. The zero-order valence-electron chi connectivity index (χ0n) is 22.1. The molecule has 0 atom stereocenters. The third-order valence-electron chi connectivity index (χ3n) is 5.88. The van der Waals surface area contributed by atoms with E-state index in [9.17, 15) is 17.8 Å². The summed E-state index contributed by atoms with van der Waals surface area (Å²) in [7, 11) is -4.95. The zero-order valence-corrected chi connectivity index (χ0v) is 23.0. The largest absolute Gasteiger partial charge is 0.368 e. The van der Waals surface area contributed by atoms with Crippen LogP contribution in [0.3, 0.4) is 0 Å². The number of anilines is 2. The molecule has 0 bridgehead atoms. The van der Waals surface area contributed by atoms with Crippen molar-refractivity contribution in [1.29, 1.82) is 0 Å². The van der Waals surface area contributed by atoms with E-state index in [-0.39, 0.29) is 17.5 Å². The molecule has 7 heteroatoms. The van der Waals surface area contributed by atoms with Gasteiger partial charge in [-0.15, -0.1) is 0 Å². The van der Waals surface area contributed by atoms with Crippen LogP contribution in [0.5, 0.6) is 0 Å². The number of amides is 2. The molecule has 0 fully saturated rings. The van der Waals surface area contributed by atoms with Crippen molar-refractivity contribution in [2.45, 2.75) is 91.9 Å². The summed E-state index contributed by atoms with van der Waals surface area (Å²) >= 11 is 0. The molecule has 0 spiro atoms. The van der Waals surface area contributed by atoms with E-state index in [4.69, 9.17) is 0 Å². The average molecular weight is 489 g/mol. The number of carbonyl (C=O) groups is 1. The lowest BCUT2D eigenvalue weighted by Crippen LogP contribution is -2.42. The van der Waals surface area contributed by atoms with E-state index < -0.39 is 27.2 Å². The van der Waals surface area contributed by atoms with Crippen molar-refractivity contribution in [2.24, 2.45) is 0 Å². The number of hydrogen-bond donors (Lipinski definition) is 2. The molecule has 34 heavy (non-hydrogen) atoms. The van der Waals surface area contributed by atoms with Crippen LogP contribution in [0.2, 0.25) is 0 Å². The third kappa shape index (κ3) is 5.99. The Balaban J connectivity index is 2.84. The maximum absolute atomic E-state index is 13.7. The monoisotopic (exact) mass is 488 g/mol. The normalized spacial score (nSPS) is 12.9. The van der Waals surface area contributed by atoms with Gasteiger partial charge in [0.05, 0.1) is 5.69 Å². The summed E-state index contributed by atoms with van der Waals surface area (Å²) in [5, 5.41) is 2.85. The average Bonchev–Trinajstić information content (AvgIpc) is 2.65. The number of nitrogens with zero attached hydrogens (tertiary/aromatic N) is 1. The van der Waals surface area contributed by atoms with Crippen LogP contribution in [-0.4, -0.2) is 19.0 Å². The molecular weight excluding hydrogens is 448 g/mol. The lowest BCUT2D eigenvalue weighted by atomic mass is 9.79. The van der Waals surface area contributed by atoms with E-state index in [1.165, 1.54) is 0 Å². The number of para-hydroxylation sites is 2. The highest BCUT2D eigenvalue weighted by atomic mass is 32.2. The molecule has 2 rings (SSSR count). The second kappa shape index (κ2) is 9.70. The topological polar surface area (TPSA) is 86.7 Å². The summed E-state index contributed by atoms with van der Waals surface area (Å²) < 4.78 is 36.4. The Morgan fingerprint density at radius 3 is 1.53 bits per heavy atom. The number of rotatable bonds is 5. The molecule has 6 nitrogen and oxygen atoms in total. The number of hydrogen-bond acceptors (Lipinski definition) is 3. The van der Waals surface area contributed by atoms with E-state index in [2.05, 4.69) is 5.32 Å². The smallest absolute Gasteiger partial charge is 0.306 e.